The second-order valence-corrected chi connectivity index (χ2v) is 9.29. The van der Waals surface area contributed by atoms with Crippen molar-refractivity contribution in [3.63, 3.8) is 0 Å². The van der Waals surface area contributed by atoms with E-state index in [0.717, 1.165) is 54.5 Å². The van der Waals surface area contributed by atoms with Crippen LogP contribution >= 0.6 is 0 Å². The molecule has 0 aliphatic carbocycles. The standard InChI is InChI=1S/C26H28N4O3/c1-29-22-11-19(32-2)8-9-20(22)24-25(29)21(13-31)27-14-26(24)15-30(16-26)12-18-10-23(33-28-18)17-6-4-3-5-7-17/h3-11,21,27,31H,12-16H2,1-2H3/t21-/m0/s1. The topological polar surface area (TPSA) is 75.7 Å². The fourth-order valence-electron chi connectivity index (χ4n) is 5.73. The second-order valence-electron chi connectivity index (χ2n) is 9.29. The molecule has 0 bridgehead atoms. The van der Waals surface area contributed by atoms with Crippen LogP contribution in [0.25, 0.3) is 22.2 Å². The third kappa shape index (κ3) is 3.19. The molecule has 2 aromatic heterocycles. The molecule has 2 aromatic carbocycles. The van der Waals surface area contributed by atoms with Crippen LogP contribution in [-0.4, -0.2) is 53.1 Å². The van der Waals surface area contributed by atoms with Gasteiger partial charge in [0.1, 0.15) is 5.75 Å². The smallest absolute Gasteiger partial charge is 0.167 e. The highest BCUT2D eigenvalue weighted by Gasteiger charge is 2.50. The van der Waals surface area contributed by atoms with Gasteiger partial charge in [0.2, 0.25) is 0 Å². The largest absolute Gasteiger partial charge is 0.497 e. The Bertz CT molecular complexity index is 1300. The fourth-order valence-corrected chi connectivity index (χ4v) is 5.73. The van der Waals surface area contributed by atoms with E-state index in [1.54, 1.807) is 7.11 Å². The van der Waals surface area contributed by atoms with Crippen LogP contribution in [-0.2, 0) is 19.0 Å². The predicted molar refractivity (Wildman–Crippen MR) is 126 cm³/mol. The molecule has 1 atom stereocenters. The Kier molecular flexibility index (Phi) is 4.79. The summed E-state index contributed by atoms with van der Waals surface area (Å²) in [6.45, 7) is 3.55. The zero-order valence-electron chi connectivity index (χ0n) is 18.9. The zero-order chi connectivity index (χ0) is 22.6. The monoisotopic (exact) mass is 444 g/mol. The third-order valence-corrected chi connectivity index (χ3v) is 7.24. The van der Waals surface area contributed by atoms with E-state index in [1.165, 1.54) is 16.6 Å². The Balaban J connectivity index is 1.29. The molecule has 6 rings (SSSR count). The summed E-state index contributed by atoms with van der Waals surface area (Å²) in [5.41, 5.74) is 5.69. The molecule has 7 nitrogen and oxygen atoms in total. The third-order valence-electron chi connectivity index (χ3n) is 7.24. The van der Waals surface area contributed by atoms with Gasteiger partial charge in [-0.2, -0.15) is 0 Å². The highest BCUT2D eigenvalue weighted by molar-refractivity contribution is 5.89. The number of nitrogens with one attached hydrogen (secondary N) is 1. The van der Waals surface area contributed by atoms with Gasteiger partial charge in [-0.05, 0) is 17.7 Å². The number of aryl methyl sites for hydroxylation is 1. The van der Waals surface area contributed by atoms with Crippen molar-refractivity contribution in [3.8, 4) is 17.1 Å². The SMILES string of the molecule is COc1ccc2c3c(n(C)c2c1)[C@H](CO)NCC31CN(Cc2cc(-c3ccccc3)on2)C1. The van der Waals surface area contributed by atoms with Gasteiger partial charge in [-0.1, -0.05) is 35.5 Å². The summed E-state index contributed by atoms with van der Waals surface area (Å²) in [6, 6.07) is 18.3. The number of aliphatic hydroxyl groups is 1. The maximum atomic E-state index is 10.1. The van der Waals surface area contributed by atoms with Crippen LogP contribution in [0.1, 0.15) is 23.0 Å². The van der Waals surface area contributed by atoms with Crippen molar-refractivity contribution in [2.24, 2.45) is 7.05 Å². The van der Waals surface area contributed by atoms with Gasteiger partial charge in [0.25, 0.3) is 0 Å². The first kappa shape index (κ1) is 20.5. The van der Waals surface area contributed by atoms with Gasteiger partial charge in [0.05, 0.1) is 31.0 Å². The molecule has 0 amide bonds. The second kappa shape index (κ2) is 7.73. The quantitative estimate of drug-likeness (QED) is 0.492. The first-order valence-corrected chi connectivity index (χ1v) is 11.4. The molecule has 0 saturated carbocycles. The molecule has 7 heteroatoms. The molecule has 0 radical (unpaired) electrons. The highest BCUT2D eigenvalue weighted by Crippen LogP contribution is 2.47. The van der Waals surface area contributed by atoms with Gasteiger partial charge in [-0.15, -0.1) is 0 Å². The summed E-state index contributed by atoms with van der Waals surface area (Å²) >= 11 is 0. The number of hydrogen-bond donors (Lipinski definition) is 2. The number of ether oxygens (including phenoxy) is 1. The minimum absolute atomic E-state index is 0.0150. The molecule has 1 saturated heterocycles. The van der Waals surface area contributed by atoms with Crippen LogP contribution in [0.2, 0.25) is 0 Å². The van der Waals surface area contributed by atoms with Crippen LogP contribution < -0.4 is 10.1 Å². The molecule has 2 aliphatic heterocycles. The Morgan fingerprint density at radius 2 is 2.00 bits per heavy atom. The number of methoxy groups -OCH3 is 1. The molecule has 0 unspecified atom stereocenters. The van der Waals surface area contributed by atoms with Gasteiger partial charge in [-0.3, -0.25) is 4.90 Å². The number of fused-ring (bicyclic) bond motifs is 4. The molecule has 4 aromatic rings. The minimum Gasteiger partial charge on any atom is -0.497 e. The number of hydrogen-bond acceptors (Lipinski definition) is 6. The molecule has 170 valence electrons. The number of benzene rings is 2. The Hall–Kier alpha value is -3.13. The van der Waals surface area contributed by atoms with Crippen LogP contribution in [0.4, 0.5) is 0 Å². The van der Waals surface area contributed by atoms with E-state index >= 15 is 0 Å². The molecule has 1 fully saturated rings. The Morgan fingerprint density at radius 3 is 2.76 bits per heavy atom. The van der Waals surface area contributed by atoms with Crippen LogP contribution in [0.5, 0.6) is 5.75 Å². The normalized spacial score (nSPS) is 19.5. The van der Waals surface area contributed by atoms with Gasteiger partial charge >= 0.3 is 0 Å². The maximum Gasteiger partial charge on any atom is 0.167 e. The average molecular weight is 445 g/mol. The maximum absolute atomic E-state index is 10.1. The Morgan fingerprint density at radius 1 is 1.18 bits per heavy atom. The van der Waals surface area contributed by atoms with Crippen molar-refractivity contribution in [1.29, 1.82) is 0 Å². The van der Waals surface area contributed by atoms with E-state index < -0.39 is 0 Å². The van der Waals surface area contributed by atoms with E-state index in [1.807, 2.05) is 42.5 Å². The molecule has 1 spiro atoms. The van der Waals surface area contributed by atoms with Crippen molar-refractivity contribution in [3.05, 3.63) is 71.5 Å². The van der Waals surface area contributed by atoms with Gasteiger partial charge < -0.3 is 24.3 Å². The van der Waals surface area contributed by atoms with Gasteiger partial charge in [0.15, 0.2) is 5.76 Å². The number of aromatic nitrogens is 2. The van der Waals surface area contributed by atoms with Gasteiger partial charge in [0, 0.05) is 67.4 Å². The molecular formula is C26H28N4O3. The molecule has 2 N–H and O–H groups in total. The van der Waals surface area contributed by atoms with Crippen LogP contribution in [0, 0.1) is 0 Å². The fraction of sp³-hybridized carbons (Fsp3) is 0.346. The van der Waals surface area contributed by atoms with Crippen molar-refractivity contribution < 1.29 is 14.4 Å². The molecule has 33 heavy (non-hydrogen) atoms. The minimum atomic E-state index is -0.0629. The lowest BCUT2D eigenvalue weighted by Crippen LogP contribution is -2.65. The highest BCUT2D eigenvalue weighted by atomic mass is 16.5. The lowest BCUT2D eigenvalue weighted by molar-refractivity contribution is 0.0426. The first-order chi connectivity index (χ1) is 16.1. The van der Waals surface area contributed by atoms with Crippen LogP contribution in [0.3, 0.4) is 0 Å². The summed E-state index contributed by atoms with van der Waals surface area (Å²) in [5.74, 6) is 1.65. The van der Waals surface area contributed by atoms with E-state index in [4.69, 9.17) is 9.26 Å². The molecular weight excluding hydrogens is 416 g/mol. The van der Waals surface area contributed by atoms with Crippen molar-refractivity contribution in [1.82, 2.24) is 19.9 Å². The number of likely N-dealkylation sites (tertiary alicyclic amines) is 1. The van der Waals surface area contributed by atoms with Gasteiger partial charge in [-0.25, -0.2) is 0 Å². The number of nitrogens with zero attached hydrogens (tertiary/aromatic N) is 3. The predicted octanol–water partition coefficient (Wildman–Crippen LogP) is 3.23. The van der Waals surface area contributed by atoms with E-state index in [9.17, 15) is 5.11 Å². The first-order valence-electron chi connectivity index (χ1n) is 11.4. The lowest BCUT2D eigenvalue weighted by atomic mass is 9.69. The van der Waals surface area contributed by atoms with E-state index in [2.05, 4.69) is 39.1 Å². The summed E-state index contributed by atoms with van der Waals surface area (Å²) in [7, 11) is 3.78. The lowest BCUT2D eigenvalue weighted by Gasteiger charge is -2.53. The summed E-state index contributed by atoms with van der Waals surface area (Å²) in [6.07, 6.45) is 0. The van der Waals surface area contributed by atoms with Crippen molar-refractivity contribution >= 4 is 10.9 Å². The number of rotatable bonds is 5. The van der Waals surface area contributed by atoms with E-state index in [0.29, 0.717) is 0 Å². The molecule has 2 aliphatic rings. The van der Waals surface area contributed by atoms with Crippen LogP contribution in [0.15, 0.2) is 59.1 Å². The van der Waals surface area contributed by atoms with Crippen molar-refractivity contribution in [2.75, 3.05) is 33.4 Å². The molecule has 4 heterocycles. The Labute approximate surface area is 192 Å². The number of aliphatic hydroxyl groups excluding tert-OH is 1. The summed E-state index contributed by atoms with van der Waals surface area (Å²) in [4.78, 5) is 2.42. The summed E-state index contributed by atoms with van der Waals surface area (Å²) < 4.78 is 13.3. The zero-order valence-corrected chi connectivity index (χ0v) is 18.9. The van der Waals surface area contributed by atoms with Crippen molar-refractivity contribution in [2.45, 2.75) is 18.0 Å². The van der Waals surface area contributed by atoms with E-state index in [-0.39, 0.29) is 18.1 Å². The average Bonchev–Trinajstić information content (AvgIpc) is 3.42. The summed E-state index contributed by atoms with van der Waals surface area (Å²) in [5, 5.41) is 19.2.